The molecule has 0 spiro atoms. The highest BCUT2D eigenvalue weighted by Crippen LogP contribution is 2.21. The first-order chi connectivity index (χ1) is 19.4. The fourth-order valence-electron chi connectivity index (χ4n) is 4.58. The van der Waals surface area contributed by atoms with E-state index >= 15 is 0 Å². The van der Waals surface area contributed by atoms with Gasteiger partial charge in [-0.2, -0.15) is 0 Å². The third kappa shape index (κ3) is 8.48. The molecule has 0 radical (unpaired) electrons. The van der Waals surface area contributed by atoms with E-state index in [2.05, 4.69) is 25.1 Å². The molecule has 0 unspecified atom stereocenters. The van der Waals surface area contributed by atoms with Gasteiger partial charge in [-0.15, -0.1) is 0 Å². The quantitative estimate of drug-likeness (QED) is 0.238. The summed E-state index contributed by atoms with van der Waals surface area (Å²) in [5.74, 6) is 0.383. The number of piperidine rings is 1. The van der Waals surface area contributed by atoms with Crippen LogP contribution in [0.2, 0.25) is 0 Å². The lowest BCUT2D eigenvalue weighted by Gasteiger charge is -2.31. The van der Waals surface area contributed by atoms with Crippen LogP contribution in [0, 0.1) is 0 Å². The van der Waals surface area contributed by atoms with Gasteiger partial charge >= 0.3 is 5.97 Å². The molecule has 0 bridgehead atoms. The Hall–Kier alpha value is -3.54. The van der Waals surface area contributed by atoms with Crippen molar-refractivity contribution < 1.29 is 23.8 Å². The van der Waals surface area contributed by atoms with Crippen molar-refractivity contribution >= 4 is 23.0 Å². The molecule has 0 saturated carbocycles. The van der Waals surface area contributed by atoms with Crippen molar-refractivity contribution in [3.05, 3.63) is 54.0 Å². The first kappa shape index (κ1) is 29.4. The molecule has 1 aliphatic rings. The Morgan fingerprint density at radius 2 is 1.90 bits per heavy atom. The Kier molecular flexibility index (Phi) is 10.8. The number of amides is 1. The largest absolute Gasteiger partial charge is 0.492 e. The number of para-hydroxylation sites is 1. The summed E-state index contributed by atoms with van der Waals surface area (Å²) < 4.78 is 18.9. The molecule has 1 amide bonds. The third-order valence-electron chi connectivity index (χ3n) is 6.74. The first-order valence-electron chi connectivity index (χ1n) is 13.9. The summed E-state index contributed by atoms with van der Waals surface area (Å²) in [6, 6.07) is 11.4. The molecule has 3 heterocycles. The smallest absolute Gasteiger partial charge is 0.320 e. The number of imidazole rings is 1. The van der Waals surface area contributed by atoms with Gasteiger partial charge in [0.25, 0.3) is 5.91 Å². The van der Waals surface area contributed by atoms with E-state index in [0.717, 1.165) is 49.3 Å². The molecular weight excluding hydrogens is 512 g/mol. The number of pyridine rings is 1. The number of carbonyl (C=O) groups excluding carboxylic acids is 2. The molecule has 1 saturated heterocycles. The van der Waals surface area contributed by atoms with Gasteiger partial charge in [0.05, 0.1) is 38.7 Å². The third-order valence-corrected chi connectivity index (χ3v) is 6.74. The summed E-state index contributed by atoms with van der Waals surface area (Å²) in [5, 5.41) is 2.90. The highest BCUT2D eigenvalue weighted by atomic mass is 16.5. The van der Waals surface area contributed by atoms with Crippen LogP contribution in [0.4, 0.5) is 0 Å². The Balaban J connectivity index is 1.26. The molecule has 0 atom stereocenters. The molecule has 4 rings (SSSR count). The lowest BCUT2D eigenvalue weighted by atomic mass is 10.1. The van der Waals surface area contributed by atoms with Gasteiger partial charge in [0.1, 0.15) is 23.6 Å². The van der Waals surface area contributed by atoms with E-state index in [-0.39, 0.29) is 18.0 Å². The van der Waals surface area contributed by atoms with Gasteiger partial charge in [-0.3, -0.25) is 14.5 Å². The Labute approximate surface area is 235 Å². The number of benzene rings is 1. The van der Waals surface area contributed by atoms with Crippen molar-refractivity contribution in [2.24, 2.45) is 0 Å². The Bertz CT molecular complexity index is 1250. The second-order valence-electron chi connectivity index (χ2n) is 10.1. The van der Waals surface area contributed by atoms with Crippen molar-refractivity contribution in [3.63, 3.8) is 0 Å². The van der Waals surface area contributed by atoms with Crippen molar-refractivity contribution in [1.82, 2.24) is 29.7 Å². The summed E-state index contributed by atoms with van der Waals surface area (Å²) >= 11 is 0. The van der Waals surface area contributed by atoms with Gasteiger partial charge in [-0.25, -0.2) is 9.97 Å². The predicted molar refractivity (Wildman–Crippen MR) is 152 cm³/mol. The molecular formula is C29H40N6O5. The SMILES string of the molecule is CCOC(=O)CN1CCC(OCCNC(=O)c2ccc3ncn(Cc4ccccc4OCCN(C)C)c3n2)CC1. The topological polar surface area (TPSA) is 111 Å². The molecule has 1 fully saturated rings. The van der Waals surface area contributed by atoms with Crippen LogP contribution in [0.25, 0.3) is 11.2 Å². The number of nitrogens with one attached hydrogen (secondary N) is 1. The van der Waals surface area contributed by atoms with Crippen LogP contribution in [-0.4, -0.2) is 109 Å². The summed E-state index contributed by atoms with van der Waals surface area (Å²) in [4.78, 5) is 37.7. The first-order valence-corrected chi connectivity index (χ1v) is 13.9. The maximum atomic E-state index is 12.8. The normalized spacial score (nSPS) is 14.5. The van der Waals surface area contributed by atoms with E-state index in [4.69, 9.17) is 14.2 Å². The number of ether oxygens (including phenoxy) is 3. The highest BCUT2D eigenvalue weighted by Gasteiger charge is 2.21. The molecule has 11 nitrogen and oxygen atoms in total. The lowest BCUT2D eigenvalue weighted by molar-refractivity contribution is -0.145. The number of likely N-dealkylation sites (tertiary alicyclic amines) is 1. The van der Waals surface area contributed by atoms with E-state index < -0.39 is 0 Å². The van der Waals surface area contributed by atoms with Crippen LogP contribution >= 0.6 is 0 Å². The van der Waals surface area contributed by atoms with Crippen LogP contribution < -0.4 is 10.1 Å². The minimum absolute atomic E-state index is 0.119. The van der Waals surface area contributed by atoms with Gasteiger partial charge in [0.15, 0.2) is 5.65 Å². The fraction of sp³-hybridized carbons (Fsp3) is 0.517. The standard InChI is InChI=1S/C29H40N6O5/c1-4-38-27(36)20-34-14-11-23(12-15-34)39-17-13-30-29(37)25-10-9-24-28(32-25)35(21-31-24)19-22-7-5-6-8-26(22)40-18-16-33(2)3/h5-10,21,23H,4,11-20H2,1-3H3,(H,30,37). The summed E-state index contributed by atoms with van der Waals surface area (Å²) in [5.41, 5.74) is 2.71. The molecule has 216 valence electrons. The number of likely N-dealkylation sites (N-methyl/N-ethyl adjacent to an activating group) is 1. The minimum atomic E-state index is -0.255. The monoisotopic (exact) mass is 552 g/mol. The van der Waals surface area contributed by atoms with Crippen LogP contribution in [0.1, 0.15) is 35.8 Å². The van der Waals surface area contributed by atoms with E-state index in [1.807, 2.05) is 55.9 Å². The molecule has 1 aliphatic heterocycles. The molecule has 3 aromatic rings. The average molecular weight is 553 g/mol. The summed E-state index contributed by atoms with van der Waals surface area (Å²) in [6.07, 6.45) is 3.55. The number of fused-ring (bicyclic) bond motifs is 1. The van der Waals surface area contributed by atoms with Crippen LogP contribution in [0.15, 0.2) is 42.7 Å². The molecule has 40 heavy (non-hydrogen) atoms. The molecule has 2 aromatic heterocycles. The summed E-state index contributed by atoms with van der Waals surface area (Å²) in [7, 11) is 4.03. The molecule has 1 aromatic carbocycles. The molecule has 1 N–H and O–H groups in total. The maximum Gasteiger partial charge on any atom is 0.320 e. The van der Waals surface area contributed by atoms with Gasteiger partial charge in [0, 0.05) is 31.7 Å². The highest BCUT2D eigenvalue weighted by molar-refractivity contribution is 5.94. The Morgan fingerprint density at radius 1 is 1.10 bits per heavy atom. The van der Waals surface area contributed by atoms with Crippen molar-refractivity contribution in [2.75, 3.05) is 66.6 Å². The lowest BCUT2D eigenvalue weighted by Crippen LogP contribution is -2.41. The number of hydrogen-bond acceptors (Lipinski definition) is 9. The number of esters is 1. The van der Waals surface area contributed by atoms with Gasteiger partial charge in [0.2, 0.25) is 0 Å². The van der Waals surface area contributed by atoms with Gasteiger partial charge < -0.3 is 29.0 Å². The predicted octanol–water partition coefficient (Wildman–Crippen LogP) is 2.19. The number of rotatable bonds is 14. The minimum Gasteiger partial charge on any atom is -0.492 e. The van der Waals surface area contributed by atoms with E-state index in [1.54, 1.807) is 12.4 Å². The second-order valence-corrected chi connectivity index (χ2v) is 10.1. The van der Waals surface area contributed by atoms with Crippen LogP contribution in [0.5, 0.6) is 5.75 Å². The average Bonchev–Trinajstić information content (AvgIpc) is 3.34. The van der Waals surface area contributed by atoms with E-state index in [0.29, 0.717) is 50.8 Å². The second kappa shape index (κ2) is 14.7. The zero-order valence-electron chi connectivity index (χ0n) is 23.7. The molecule has 11 heteroatoms. The van der Waals surface area contributed by atoms with Crippen LogP contribution in [-0.2, 0) is 20.8 Å². The van der Waals surface area contributed by atoms with E-state index in [9.17, 15) is 9.59 Å². The Morgan fingerprint density at radius 3 is 2.67 bits per heavy atom. The number of aromatic nitrogens is 3. The number of nitrogens with zero attached hydrogens (tertiary/aromatic N) is 5. The number of carbonyl (C=O) groups is 2. The van der Waals surface area contributed by atoms with Crippen molar-refractivity contribution in [2.45, 2.75) is 32.4 Å². The van der Waals surface area contributed by atoms with Crippen LogP contribution in [0.3, 0.4) is 0 Å². The van der Waals surface area contributed by atoms with Crippen molar-refractivity contribution in [3.8, 4) is 5.75 Å². The van der Waals surface area contributed by atoms with Crippen molar-refractivity contribution in [1.29, 1.82) is 0 Å². The zero-order valence-corrected chi connectivity index (χ0v) is 23.7. The van der Waals surface area contributed by atoms with E-state index in [1.165, 1.54) is 0 Å². The van der Waals surface area contributed by atoms with Gasteiger partial charge in [-0.05, 0) is 52.1 Å². The zero-order chi connectivity index (χ0) is 28.3. The van der Waals surface area contributed by atoms with Gasteiger partial charge in [-0.1, -0.05) is 18.2 Å². The number of hydrogen-bond donors (Lipinski definition) is 1. The fourth-order valence-corrected chi connectivity index (χ4v) is 4.58. The molecule has 0 aliphatic carbocycles. The maximum absolute atomic E-state index is 12.8. The summed E-state index contributed by atoms with van der Waals surface area (Å²) in [6.45, 7) is 6.87.